The average molecular weight is 421 g/mol. The highest BCUT2D eigenvalue weighted by Gasteiger charge is 2.23. The number of aliphatic hydroxyl groups is 1. The fourth-order valence-electron chi connectivity index (χ4n) is 4.36. The summed E-state index contributed by atoms with van der Waals surface area (Å²) in [7, 11) is 0. The SMILES string of the molecule is O=C(NCC(O)CN1CCc2[nH]c3ccccc3c2C1)c1cc(NC2CCC2)ncn1. The largest absolute Gasteiger partial charge is 0.390 e. The molecule has 1 aliphatic heterocycles. The number of aliphatic hydroxyl groups excluding tert-OH is 1. The minimum Gasteiger partial charge on any atom is -0.390 e. The number of carbonyl (C=O) groups is 1. The molecule has 5 rings (SSSR count). The Kier molecular flexibility index (Phi) is 5.57. The Balaban J connectivity index is 1.14. The molecule has 1 fully saturated rings. The highest BCUT2D eigenvalue weighted by Crippen LogP contribution is 2.27. The van der Waals surface area contributed by atoms with Crippen LogP contribution in [0.25, 0.3) is 10.9 Å². The first kappa shape index (κ1) is 20.0. The van der Waals surface area contributed by atoms with Crippen LogP contribution in [0.4, 0.5) is 5.82 Å². The molecule has 2 aliphatic rings. The van der Waals surface area contributed by atoms with Crippen molar-refractivity contribution in [3.05, 3.63) is 53.6 Å². The molecular weight excluding hydrogens is 392 g/mol. The maximum atomic E-state index is 12.5. The van der Waals surface area contributed by atoms with Gasteiger partial charge >= 0.3 is 0 Å². The zero-order valence-electron chi connectivity index (χ0n) is 17.5. The number of aromatic nitrogens is 3. The Labute approximate surface area is 181 Å². The number of β-amino-alcohol motifs (C(OH)–C–C–N with tert-alkyl or cyclic N) is 1. The van der Waals surface area contributed by atoms with Crippen molar-refractivity contribution in [2.75, 3.05) is 25.0 Å². The highest BCUT2D eigenvalue weighted by atomic mass is 16.3. The molecule has 1 aliphatic carbocycles. The molecule has 0 bridgehead atoms. The van der Waals surface area contributed by atoms with Crippen molar-refractivity contribution in [2.24, 2.45) is 0 Å². The fourth-order valence-corrected chi connectivity index (χ4v) is 4.36. The number of benzene rings is 1. The number of H-pyrrole nitrogens is 1. The van der Waals surface area contributed by atoms with Crippen LogP contribution in [0.3, 0.4) is 0 Å². The number of anilines is 1. The molecule has 0 spiro atoms. The second-order valence-electron chi connectivity index (χ2n) is 8.54. The monoisotopic (exact) mass is 420 g/mol. The number of rotatable bonds is 7. The van der Waals surface area contributed by atoms with Gasteiger partial charge in [0.05, 0.1) is 6.10 Å². The summed E-state index contributed by atoms with van der Waals surface area (Å²) < 4.78 is 0. The predicted molar refractivity (Wildman–Crippen MR) is 119 cm³/mol. The Bertz CT molecular complexity index is 1080. The number of nitrogens with one attached hydrogen (secondary N) is 3. The zero-order valence-corrected chi connectivity index (χ0v) is 17.5. The maximum Gasteiger partial charge on any atom is 0.270 e. The lowest BCUT2D eigenvalue weighted by atomic mass is 9.93. The number of para-hydroxylation sites is 1. The Hall–Kier alpha value is -2.97. The van der Waals surface area contributed by atoms with Crippen LogP contribution < -0.4 is 10.6 Å². The molecule has 4 N–H and O–H groups in total. The van der Waals surface area contributed by atoms with Crippen molar-refractivity contribution in [3.63, 3.8) is 0 Å². The van der Waals surface area contributed by atoms with Gasteiger partial charge in [-0.2, -0.15) is 0 Å². The van der Waals surface area contributed by atoms with Crippen LogP contribution in [0.15, 0.2) is 36.7 Å². The number of nitrogens with zero attached hydrogens (tertiary/aromatic N) is 3. The van der Waals surface area contributed by atoms with Crippen molar-refractivity contribution in [2.45, 2.75) is 44.4 Å². The van der Waals surface area contributed by atoms with Crippen molar-refractivity contribution >= 4 is 22.6 Å². The van der Waals surface area contributed by atoms with E-state index < -0.39 is 6.10 Å². The van der Waals surface area contributed by atoms with Crippen LogP contribution in [0, 0.1) is 0 Å². The van der Waals surface area contributed by atoms with E-state index in [2.05, 4.69) is 48.7 Å². The van der Waals surface area contributed by atoms with Gasteiger partial charge in [0.15, 0.2) is 0 Å². The van der Waals surface area contributed by atoms with E-state index in [0.29, 0.717) is 24.1 Å². The second kappa shape index (κ2) is 8.64. The average Bonchev–Trinajstić information content (AvgIpc) is 3.13. The van der Waals surface area contributed by atoms with Gasteiger partial charge in [0, 0.05) is 61.3 Å². The quantitative estimate of drug-likeness (QED) is 0.466. The number of hydrogen-bond acceptors (Lipinski definition) is 6. The van der Waals surface area contributed by atoms with Gasteiger partial charge in [0.25, 0.3) is 5.91 Å². The van der Waals surface area contributed by atoms with E-state index in [4.69, 9.17) is 0 Å². The summed E-state index contributed by atoms with van der Waals surface area (Å²) in [6.07, 6.45) is 5.18. The third-order valence-electron chi connectivity index (χ3n) is 6.29. The molecule has 3 aromatic rings. The fraction of sp³-hybridized carbons (Fsp3) is 0.435. The normalized spacial score (nSPS) is 17.7. The summed E-state index contributed by atoms with van der Waals surface area (Å²) >= 11 is 0. The molecule has 1 aromatic carbocycles. The molecule has 3 heterocycles. The topological polar surface area (TPSA) is 106 Å². The molecule has 1 unspecified atom stereocenters. The van der Waals surface area contributed by atoms with E-state index in [1.165, 1.54) is 29.4 Å². The maximum absolute atomic E-state index is 12.5. The molecule has 162 valence electrons. The Morgan fingerprint density at radius 2 is 2.16 bits per heavy atom. The van der Waals surface area contributed by atoms with Crippen LogP contribution >= 0.6 is 0 Å². The van der Waals surface area contributed by atoms with Crippen LogP contribution in [-0.2, 0) is 13.0 Å². The van der Waals surface area contributed by atoms with E-state index in [0.717, 1.165) is 37.9 Å². The van der Waals surface area contributed by atoms with Gasteiger partial charge in [-0.05, 0) is 30.9 Å². The van der Waals surface area contributed by atoms with Crippen LogP contribution in [0.2, 0.25) is 0 Å². The molecule has 31 heavy (non-hydrogen) atoms. The van der Waals surface area contributed by atoms with E-state index >= 15 is 0 Å². The lowest BCUT2D eigenvalue weighted by molar-refractivity contribution is 0.0838. The first-order valence-corrected chi connectivity index (χ1v) is 11.0. The summed E-state index contributed by atoms with van der Waals surface area (Å²) in [5, 5.41) is 17.9. The lowest BCUT2D eigenvalue weighted by Crippen LogP contribution is -2.42. The van der Waals surface area contributed by atoms with Crippen LogP contribution in [0.1, 0.15) is 41.0 Å². The third kappa shape index (κ3) is 4.40. The zero-order chi connectivity index (χ0) is 21.2. The van der Waals surface area contributed by atoms with Crippen molar-refractivity contribution in [1.29, 1.82) is 0 Å². The minimum absolute atomic E-state index is 0.186. The number of aromatic amines is 1. The molecule has 0 radical (unpaired) electrons. The van der Waals surface area contributed by atoms with Gasteiger partial charge < -0.3 is 20.7 Å². The standard InChI is InChI=1S/C23H28N6O2/c30-16(11-24-23(31)21-10-22(26-14-25-21)27-15-4-3-5-15)12-29-9-8-20-18(13-29)17-6-1-2-7-19(17)28-20/h1-2,6-7,10,14-16,28,30H,3-5,8-9,11-13H2,(H,24,31)(H,25,26,27). The van der Waals surface area contributed by atoms with Crippen LogP contribution in [-0.4, -0.2) is 62.6 Å². The van der Waals surface area contributed by atoms with Gasteiger partial charge in [-0.15, -0.1) is 0 Å². The van der Waals surface area contributed by atoms with E-state index in [1.54, 1.807) is 6.07 Å². The summed E-state index contributed by atoms with van der Waals surface area (Å²) in [5.41, 5.74) is 4.07. The molecule has 2 aromatic heterocycles. The highest BCUT2D eigenvalue weighted by molar-refractivity contribution is 5.92. The first-order chi connectivity index (χ1) is 15.2. The summed E-state index contributed by atoms with van der Waals surface area (Å²) in [4.78, 5) is 26.5. The van der Waals surface area contributed by atoms with Gasteiger partial charge in [0.1, 0.15) is 17.8 Å². The Morgan fingerprint density at radius 3 is 3.00 bits per heavy atom. The molecule has 8 nitrogen and oxygen atoms in total. The number of fused-ring (bicyclic) bond motifs is 3. The predicted octanol–water partition coefficient (Wildman–Crippen LogP) is 2.07. The second-order valence-corrected chi connectivity index (χ2v) is 8.54. The minimum atomic E-state index is -0.648. The van der Waals surface area contributed by atoms with Crippen molar-refractivity contribution in [3.8, 4) is 0 Å². The number of amides is 1. The van der Waals surface area contributed by atoms with Gasteiger partial charge in [0.2, 0.25) is 0 Å². The van der Waals surface area contributed by atoms with Gasteiger partial charge in [-0.3, -0.25) is 9.69 Å². The Morgan fingerprint density at radius 1 is 1.29 bits per heavy atom. The summed E-state index contributed by atoms with van der Waals surface area (Å²) in [5.74, 6) is 0.379. The molecule has 1 amide bonds. The molecule has 0 saturated heterocycles. The van der Waals surface area contributed by atoms with Crippen LogP contribution in [0.5, 0.6) is 0 Å². The number of carbonyl (C=O) groups excluding carboxylic acids is 1. The molecular formula is C23H28N6O2. The molecule has 1 atom stereocenters. The lowest BCUT2D eigenvalue weighted by Gasteiger charge is -2.29. The molecule has 8 heteroatoms. The molecule has 1 saturated carbocycles. The smallest absolute Gasteiger partial charge is 0.270 e. The van der Waals surface area contributed by atoms with E-state index in [1.807, 2.05) is 6.07 Å². The van der Waals surface area contributed by atoms with Crippen molar-refractivity contribution in [1.82, 2.24) is 25.2 Å². The first-order valence-electron chi connectivity index (χ1n) is 11.0. The summed E-state index contributed by atoms with van der Waals surface area (Å²) in [6, 6.07) is 10.4. The van der Waals surface area contributed by atoms with Gasteiger partial charge in [-0.1, -0.05) is 18.2 Å². The number of hydrogen-bond donors (Lipinski definition) is 4. The van der Waals surface area contributed by atoms with E-state index in [-0.39, 0.29) is 12.5 Å². The van der Waals surface area contributed by atoms with E-state index in [9.17, 15) is 9.90 Å². The van der Waals surface area contributed by atoms with Gasteiger partial charge in [-0.25, -0.2) is 9.97 Å². The summed E-state index contributed by atoms with van der Waals surface area (Å²) in [6.45, 7) is 2.38. The van der Waals surface area contributed by atoms with Crippen molar-refractivity contribution < 1.29 is 9.90 Å². The third-order valence-corrected chi connectivity index (χ3v) is 6.29.